The molecule has 20 heavy (non-hydrogen) atoms. The van der Waals surface area contributed by atoms with E-state index in [1.54, 1.807) is 0 Å². The Morgan fingerprint density at radius 2 is 2.15 bits per heavy atom. The van der Waals surface area contributed by atoms with Crippen molar-refractivity contribution in [3.63, 3.8) is 0 Å². The van der Waals surface area contributed by atoms with E-state index in [1.807, 2.05) is 0 Å². The van der Waals surface area contributed by atoms with E-state index < -0.39 is 16.7 Å². The standard InChI is InChI=1S/C12H8ClFN2O4/c13-10-3-8(14)2-1-7(10)5-15-6-9(16(19)20)4-11(15)12(17)18/h1-4,6H,5H2,(H,17,18). The molecule has 1 aromatic carbocycles. The highest BCUT2D eigenvalue weighted by atomic mass is 35.5. The van der Waals surface area contributed by atoms with Crippen LogP contribution in [-0.2, 0) is 6.54 Å². The number of halogens is 2. The number of aromatic carboxylic acids is 1. The summed E-state index contributed by atoms with van der Waals surface area (Å²) in [6.07, 6.45) is 1.10. The van der Waals surface area contributed by atoms with Gasteiger partial charge >= 0.3 is 5.97 Å². The van der Waals surface area contributed by atoms with Gasteiger partial charge in [0.2, 0.25) is 0 Å². The third kappa shape index (κ3) is 2.77. The second-order valence-electron chi connectivity index (χ2n) is 4.01. The summed E-state index contributed by atoms with van der Waals surface area (Å²) in [7, 11) is 0. The number of hydrogen-bond donors (Lipinski definition) is 1. The van der Waals surface area contributed by atoms with E-state index >= 15 is 0 Å². The van der Waals surface area contributed by atoms with E-state index in [-0.39, 0.29) is 22.9 Å². The highest BCUT2D eigenvalue weighted by Crippen LogP contribution is 2.22. The third-order valence-corrected chi connectivity index (χ3v) is 3.02. The largest absolute Gasteiger partial charge is 0.477 e. The number of benzene rings is 1. The Labute approximate surface area is 117 Å². The van der Waals surface area contributed by atoms with Gasteiger partial charge in [-0.2, -0.15) is 0 Å². The normalized spacial score (nSPS) is 10.5. The van der Waals surface area contributed by atoms with Crippen LogP contribution < -0.4 is 0 Å². The van der Waals surface area contributed by atoms with Crippen LogP contribution in [0.1, 0.15) is 16.1 Å². The molecule has 1 aromatic heterocycles. The minimum Gasteiger partial charge on any atom is -0.477 e. The van der Waals surface area contributed by atoms with E-state index in [1.165, 1.54) is 16.7 Å². The molecule has 0 atom stereocenters. The SMILES string of the molecule is O=C(O)c1cc([N+](=O)[O-])cn1Cc1ccc(F)cc1Cl. The van der Waals surface area contributed by atoms with Gasteiger partial charge in [0, 0.05) is 17.6 Å². The lowest BCUT2D eigenvalue weighted by atomic mass is 10.2. The molecule has 2 rings (SSSR count). The predicted molar refractivity (Wildman–Crippen MR) is 68.6 cm³/mol. The average Bonchev–Trinajstić information content (AvgIpc) is 2.77. The number of carboxylic acid groups (broad SMARTS) is 1. The van der Waals surface area contributed by atoms with Gasteiger partial charge in [0.25, 0.3) is 5.69 Å². The third-order valence-electron chi connectivity index (χ3n) is 2.67. The monoisotopic (exact) mass is 298 g/mol. The highest BCUT2D eigenvalue weighted by Gasteiger charge is 2.19. The molecule has 0 unspecified atom stereocenters. The van der Waals surface area contributed by atoms with E-state index in [2.05, 4.69) is 0 Å². The van der Waals surface area contributed by atoms with Gasteiger partial charge in [-0.1, -0.05) is 17.7 Å². The Morgan fingerprint density at radius 1 is 1.45 bits per heavy atom. The van der Waals surface area contributed by atoms with Gasteiger partial charge in [-0.05, 0) is 17.7 Å². The van der Waals surface area contributed by atoms with Crippen LogP contribution >= 0.6 is 11.6 Å². The van der Waals surface area contributed by atoms with Gasteiger partial charge in [-0.3, -0.25) is 10.1 Å². The number of aromatic nitrogens is 1. The number of nitro groups is 1. The number of rotatable bonds is 4. The van der Waals surface area contributed by atoms with Crippen LogP contribution in [-0.4, -0.2) is 20.6 Å². The summed E-state index contributed by atoms with van der Waals surface area (Å²) in [5, 5.41) is 19.8. The van der Waals surface area contributed by atoms with Crippen molar-refractivity contribution >= 4 is 23.3 Å². The molecule has 0 bridgehead atoms. The van der Waals surface area contributed by atoms with Crippen LogP contribution in [0.3, 0.4) is 0 Å². The molecule has 0 fully saturated rings. The highest BCUT2D eigenvalue weighted by molar-refractivity contribution is 6.31. The first-order valence-corrected chi connectivity index (χ1v) is 5.78. The van der Waals surface area contributed by atoms with E-state index in [4.69, 9.17) is 16.7 Å². The Morgan fingerprint density at radius 3 is 2.70 bits per heavy atom. The Hall–Kier alpha value is -2.41. The minimum atomic E-state index is -1.30. The van der Waals surface area contributed by atoms with Crippen LogP contribution in [0, 0.1) is 15.9 Å². The lowest BCUT2D eigenvalue weighted by molar-refractivity contribution is -0.384. The lowest BCUT2D eigenvalue weighted by Crippen LogP contribution is -2.08. The maximum atomic E-state index is 12.9. The van der Waals surface area contributed by atoms with Crippen LogP contribution in [0.4, 0.5) is 10.1 Å². The van der Waals surface area contributed by atoms with Crippen LogP contribution in [0.15, 0.2) is 30.5 Å². The Bertz CT molecular complexity index is 699. The molecule has 0 spiro atoms. The number of carboxylic acids is 1. The minimum absolute atomic E-state index is 0.00537. The average molecular weight is 299 g/mol. The van der Waals surface area contributed by atoms with Crippen LogP contribution in [0.2, 0.25) is 5.02 Å². The quantitative estimate of drug-likeness (QED) is 0.694. The van der Waals surface area contributed by atoms with Crippen molar-refractivity contribution < 1.29 is 19.2 Å². The van der Waals surface area contributed by atoms with Crippen LogP contribution in [0.25, 0.3) is 0 Å². The molecule has 0 amide bonds. The van der Waals surface area contributed by atoms with Crippen LogP contribution in [0.5, 0.6) is 0 Å². The molecule has 0 aliphatic rings. The predicted octanol–water partition coefficient (Wildman–Crippen LogP) is 2.94. The summed E-state index contributed by atoms with van der Waals surface area (Å²) in [4.78, 5) is 21.0. The molecular weight excluding hydrogens is 291 g/mol. The zero-order valence-corrected chi connectivity index (χ0v) is 10.7. The van der Waals surface area contributed by atoms with Gasteiger partial charge in [0.15, 0.2) is 0 Å². The molecule has 104 valence electrons. The summed E-state index contributed by atoms with van der Waals surface area (Å²) in [6, 6.07) is 4.63. The molecule has 6 nitrogen and oxygen atoms in total. The molecule has 0 saturated carbocycles. The molecular formula is C12H8ClFN2O4. The second-order valence-corrected chi connectivity index (χ2v) is 4.42. The lowest BCUT2D eigenvalue weighted by Gasteiger charge is -2.07. The zero-order chi connectivity index (χ0) is 14.9. The zero-order valence-electron chi connectivity index (χ0n) is 9.92. The van der Waals surface area contributed by atoms with Crippen molar-refractivity contribution in [2.24, 2.45) is 0 Å². The molecule has 0 aliphatic carbocycles. The number of carbonyl (C=O) groups is 1. The van der Waals surface area contributed by atoms with E-state index in [9.17, 15) is 19.3 Å². The topological polar surface area (TPSA) is 85.4 Å². The fourth-order valence-corrected chi connectivity index (χ4v) is 1.97. The summed E-state index contributed by atoms with van der Waals surface area (Å²) in [5.41, 5.74) is -0.112. The molecule has 0 saturated heterocycles. The first-order chi connectivity index (χ1) is 9.38. The molecule has 0 aliphatic heterocycles. The number of hydrogen-bond acceptors (Lipinski definition) is 3. The van der Waals surface area contributed by atoms with Gasteiger partial charge in [-0.15, -0.1) is 0 Å². The maximum absolute atomic E-state index is 12.9. The second kappa shape index (κ2) is 5.30. The van der Waals surface area contributed by atoms with Gasteiger partial charge in [0.05, 0.1) is 11.1 Å². The van der Waals surface area contributed by atoms with E-state index in [0.717, 1.165) is 18.3 Å². The van der Waals surface area contributed by atoms with Gasteiger partial charge in [0.1, 0.15) is 11.5 Å². The van der Waals surface area contributed by atoms with E-state index in [0.29, 0.717) is 5.56 Å². The number of nitrogens with zero attached hydrogens (tertiary/aromatic N) is 2. The van der Waals surface area contributed by atoms with Gasteiger partial charge in [-0.25, -0.2) is 9.18 Å². The van der Waals surface area contributed by atoms with Crippen molar-refractivity contribution in [2.45, 2.75) is 6.54 Å². The fourth-order valence-electron chi connectivity index (χ4n) is 1.74. The molecule has 1 heterocycles. The van der Waals surface area contributed by atoms with Gasteiger partial charge < -0.3 is 9.67 Å². The van der Waals surface area contributed by atoms with Crippen molar-refractivity contribution in [1.29, 1.82) is 0 Å². The summed E-state index contributed by atoms with van der Waals surface area (Å²) >= 11 is 5.85. The first kappa shape index (κ1) is 14.0. The first-order valence-electron chi connectivity index (χ1n) is 5.40. The summed E-state index contributed by atoms with van der Waals surface area (Å²) < 4.78 is 14.1. The summed E-state index contributed by atoms with van der Waals surface area (Å²) in [5.74, 6) is -1.81. The molecule has 8 heteroatoms. The van der Waals surface area contributed by atoms with Crippen molar-refractivity contribution in [2.75, 3.05) is 0 Å². The molecule has 0 radical (unpaired) electrons. The fraction of sp³-hybridized carbons (Fsp3) is 0.0833. The van der Waals surface area contributed by atoms with Crippen molar-refractivity contribution in [3.8, 4) is 0 Å². The molecule has 1 N–H and O–H groups in total. The van der Waals surface area contributed by atoms with Crippen molar-refractivity contribution in [1.82, 2.24) is 4.57 Å². The molecule has 2 aromatic rings. The Kier molecular flexibility index (Phi) is 3.71. The maximum Gasteiger partial charge on any atom is 0.352 e. The summed E-state index contributed by atoms with van der Waals surface area (Å²) in [6.45, 7) is -0.00537. The Balaban J connectivity index is 2.42. The van der Waals surface area contributed by atoms with Crippen molar-refractivity contribution in [3.05, 3.63) is 62.7 Å². The smallest absolute Gasteiger partial charge is 0.352 e.